The highest BCUT2D eigenvalue weighted by Crippen LogP contribution is 2.19. The second-order valence-corrected chi connectivity index (χ2v) is 6.39. The number of hydrogen-bond donors (Lipinski definition) is 2. The fourth-order valence-corrected chi connectivity index (χ4v) is 2.81. The molecule has 0 unspecified atom stereocenters. The van der Waals surface area contributed by atoms with Gasteiger partial charge in [0.1, 0.15) is 5.82 Å². The fraction of sp³-hybridized carbons (Fsp3) is 0.143. The number of carbonyl (C=O) groups excluding carboxylic acids is 1. The Balaban J connectivity index is 1.33. The van der Waals surface area contributed by atoms with Gasteiger partial charge in [-0.05, 0) is 36.8 Å². The predicted octanol–water partition coefficient (Wildman–Crippen LogP) is 3.67. The number of aromatic nitrogens is 3. The second-order valence-electron chi connectivity index (χ2n) is 6.39. The number of benzene rings is 2. The molecule has 7 nitrogen and oxygen atoms in total. The van der Waals surface area contributed by atoms with Crippen LogP contribution in [0.4, 0.5) is 5.82 Å². The number of carbonyl (C=O) groups is 1. The van der Waals surface area contributed by atoms with Gasteiger partial charge in [-0.15, -0.1) is 10.2 Å². The molecule has 2 aromatic carbocycles. The Hall–Kier alpha value is -3.74. The number of nitrogens with zero attached hydrogens (tertiary/aromatic N) is 3. The van der Waals surface area contributed by atoms with Crippen molar-refractivity contribution in [3.63, 3.8) is 0 Å². The first-order chi connectivity index (χ1) is 13.7. The SMILES string of the molecule is Cc1cc2ccccc2nc1NNC(=O)CCc1nnc(-c2ccccc2)o1. The van der Waals surface area contributed by atoms with Crippen molar-refractivity contribution in [3.05, 3.63) is 72.1 Å². The van der Waals surface area contributed by atoms with E-state index in [4.69, 9.17) is 4.42 Å². The first kappa shape index (κ1) is 17.7. The van der Waals surface area contributed by atoms with Crippen molar-refractivity contribution in [1.82, 2.24) is 20.6 Å². The summed E-state index contributed by atoms with van der Waals surface area (Å²) < 4.78 is 5.62. The van der Waals surface area contributed by atoms with Crippen LogP contribution in [0.25, 0.3) is 22.4 Å². The molecule has 28 heavy (non-hydrogen) atoms. The van der Waals surface area contributed by atoms with Crippen molar-refractivity contribution in [1.29, 1.82) is 0 Å². The third-order valence-corrected chi connectivity index (χ3v) is 4.29. The van der Waals surface area contributed by atoms with Crippen molar-refractivity contribution in [2.45, 2.75) is 19.8 Å². The van der Waals surface area contributed by atoms with Gasteiger partial charge in [-0.1, -0.05) is 36.4 Å². The zero-order chi connectivity index (χ0) is 19.3. The molecule has 0 atom stereocenters. The number of nitrogens with one attached hydrogen (secondary N) is 2. The van der Waals surface area contributed by atoms with E-state index in [1.54, 1.807) is 0 Å². The van der Waals surface area contributed by atoms with Crippen LogP contribution in [0.3, 0.4) is 0 Å². The second kappa shape index (κ2) is 7.87. The minimum atomic E-state index is -0.186. The maximum atomic E-state index is 12.2. The summed E-state index contributed by atoms with van der Waals surface area (Å²) in [5.41, 5.74) is 8.23. The van der Waals surface area contributed by atoms with Crippen LogP contribution in [-0.4, -0.2) is 21.1 Å². The normalized spacial score (nSPS) is 10.8. The van der Waals surface area contributed by atoms with Crippen LogP contribution in [0.5, 0.6) is 0 Å². The summed E-state index contributed by atoms with van der Waals surface area (Å²) in [6, 6.07) is 19.4. The number of anilines is 1. The summed E-state index contributed by atoms with van der Waals surface area (Å²) in [5, 5.41) is 9.08. The van der Waals surface area contributed by atoms with Gasteiger partial charge in [-0.3, -0.25) is 15.6 Å². The first-order valence-electron chi connectivity index (χ1n) is 8.98. The molecule has 0 spiro atoms. The smallest absolute Gasteiger partial charge is 0.247 e. The largest absolute Gasteiger partial charge is 0.421 e. The number of fused-ring (bicyclic) bond motifs is 1. The van der Waals surface area contributed by atoms with Crippen LogP contribution >= 0.6 is 0 Å². The van der Waals surface area contributed by atoms with Crippen molar-refractivity contribution >= 4 is 22.6 Å². The molecular weight excluding hydrogens is 354 g/mol. The quantitative estimate of drug-likeness (QED) is 0.501. The number of hydrogen-bond acceptors (Lipinski definition) is 6. The number of hydrazine groups is 1. The third-order valence-electron chi connectivity index (χ3n) is 4.29. The Morgan fingerprint density at radius 3 is 2.68 bits per heavy atom. The van der Waals surface area contributed by atoms with Gasteiger partial charge in [-0.25, -0.2) is 4.98 Å². The third kappa shape index (κ3) is 3.98. The van der Waals surface area contributed by atoms with Crippen molar-refractivity contribution in [2.75, 3.05) is 5.43 Å². The van der Waals surface area contributed by atoms with Gasteiger partial charge in [-0.2, -0.15) is 0 Å². The maximum absolute atomic E-state index is 12.2. The summed E-state index contributed by atoms with van der Waals surface area (Å²) >= 11 is 0. The van der Waals surface area contributed by atoms with Gasteiger partial charge in [0, 0.05) is 23.8 Å². The van der Waals surface area contributed by atoms with Crippen LogP contribution in [-0.2, 0) is 11.2 Å². The minimum absolute atomic E-state index is 0.186. The highest BCUT2D eigenvalue weighted by atomic mass is 16.4. The number of rotatable bonds is 6. The lowest BCUT2D eigenvalue weighted by Gasteiger charge is -2.11. The number of aryl methyl sites for hydroxylation is 2. The molecule has 0 saturated heterocycles. The first-order valence-corrected chi connectivity index (χ1v) is 8.98. The van der Waals surface area contributed by atoms with E-state index in [2.05, 4.69) is 26.0 Å². The van der Waals surface area contributed by atoms with E-state index in [9.17, 15) is 4.79 Å². The lowest BCUT2D eigenvalue weighted by molar-refractivity contribution is -0.120. The number of pyridine rings is 1. The Bertz CT molecular complexity index is 1110. The van der Waals surface area contributed by atoms with Crippen LogP contribution in [0.2, 0.25) is 0 Å². The van der Waals surface area contributed by atoms with E-state index in [1.807, 2.05) is 67.6 Å². The van der Waals surface area contributed by atoms with E-state index in [0.717, 1.165) is 22.0 Å². The van der Waals surface area contributed by atoms with Gasteiger partial charge in [0.25, 0.3) is 0 Å². The molecular formula is C21H19N5O2. The van der Waals surface area contributed by atoms with E-state index in [0.29, 0.717) is 24.0 Å². The van der Waals surface area contributed by atoms with Crippen LogP contribution in [0.1, 0.15) is 17.9 Å². The Kier molecular flexibility index (Phi) is 4.97. The highest BCUT2D eigenvalue weighted by Gasteiger charge is 2.11. The summed E-state index contributed by atoms with van der Waals surface area (Å²) in [5.74, 6) is 1.31. The molecule has 0 saturated carbocycles. The summed E-state index contributed by atoms with van der Waals surface area (Å²) in [6.07, 6.45) is 0.577. The minimum Gasteiger partial charge on any atom is -0.421 e. The molecule has 7 heteroatoms. The maximum Gasteiger partial charge on any atom is 0.247 e. The summed E-state index contributed by atoms with van der Waals surface area (Å²) in [7, 11) is 0. The van der Waals surface area contributed by atoms with E-state index in [-0.39, 0.29) is 12.3 Å². The summed E-state index contributed by atoms with van der Waals surface area (Å²) in [6.45, 7) is 1.94. The zero-order valence-electron chi connectivity index (χ0n) is 15.3. The van der Waals surface area contributed by atoms with Crippen molar-refractivity contribution in [2.24, 2.45) is 0 Å². The standard InChI is InChI=1S/C21H19N5O2/c1-14-13-16-9-5-6-10-17(16)22-20(14)25-23-18(27)11-12-19-24-26-21(28-19)15-7-3-2-4-8-15/h2-10,13H,11-12H2,1H3,(H,22,25)(H,23,27). The lowest BCUT2D eigenvalue weighted by Crippen LogP contribution is -2.30. The van der Waals surface area contributed by atoms with E-state index in [1.165, 1.54) is 0 Å². The van der Waals surface area contributed by atoms with E-state index < -0.39 is 0 Å². The van der Waals surface area contributed by atoms with Crippen LogP contribution in [0.15, 0.2) is 65.1 Å². The lowest BCUT2D eigenvalue weighted by atomic mass is 10.1. The molecule has 0 aliphatic rings. The molecule has 2 aromatic heterocycles. The van der Waals surface area contributed by atoms with E-state index >= 15 is 0 Å². The van der Waals surface area contributed by atoms with Gasteiger partial charge in [0.15, 0.2) is 0 Å². The molecule has 2 heterocycles. The van der Waals surface area contributed by atoms with Gasteiger partial charge in [0.2, 0.25) is 17.7 Å². The molecule has 0 radical (unpaired) electrons. The van der Waals surface area contributed by atoms with Gasteiger partial charge < -0.3 is 4.42 Å². The summed E-state index contributed by atoms with van der Waals surface area (Å²) in [4.78, 5) is 16.7. The van der Waals surface area contributed by atoms with Crippen LogP contribution in [0, 0.1) is 6.92 Å². The van der Waals surface area contributed by atoms with Crippen molar-refractivity contribution < 1.29 is 9.21 Å². The molecule has 0 bridgehead atoms. The average molecular weight is 373 g/mol. The number of para-hydroxylation sites is 1. The molecule has 2 N–H and O–H groups in total. The molecule has 0 fully saturated rings. The zero-order valence-corrected chi connectivity index (χ0v) is 15.3. The highest BCUT2D eigenvalue weighted by molar-refractivity contribution is 5.82. The average Bonchev–Trinajstić information content (AvgIpc) is 3.20. The Morgan fingerprint density at radius 2 is 1.82 bits per heavy atom. The fourth-order valence-electron chi connectivity index (χ4n) is 2.81. The van der Waals surface area contributed by atoms with Gasteiger partial charge >= 0.3 is 0 Å². The van der Waals surface area contributed by atoms with Gasteiger partial charge in [0.05, 0.1) is 5.52 Å². The topological polar surface area (TPSA) is 92.9 Å². The van der Waals surface area contributed by atoms with Crippen molar-refractivity contribution in [3.8, 4) is 11.5 Å². The Morgan fingerprint density at radius 1 is 1.04 bits per heavy atom. The molecule has 4 aromatic rings. The monoisotopic (exact) mass is 373 g/mol. The van der Waals surface area contributed by atoms with Crippen LogP contribution < -0.4 is 10.9 Å². The predicted molar refractivity (Wildman–Crippen MR) is 106 cm³/mol. The molecule has 0 aliphatic heterocycles. The number of amides is 1. The molecule has 0 aliphatic carbocycles. The Labute approximate surface area is 161 Å². The molecule has 140 valence electrons. The molecule has 1 amide bonds. The molecule has 4 rings (SSSR count).